The third kappa shape index (κ3) is 2.72. The highest BCUT2D eigenvalue weighted by atomic mass is 16.5. The number of carbonyl (C=O) groups is 3. The van der Waals surface area contributed by atoms with Crippen LogP contribution in [0, 0.1) is 0 Å². The Balaban J connectivity index is 1.83. The Kier molecular flexibility index (Phi) is 4.28. The number of ketones is 2. The number of aliphatic hydroxyl groups is 1. The van der Waals surface area contributed by atoms with Gasteiger partial charge in [0.15, 0.2) is 11.6 Å². The lowest BCUT2D eigenvalue weighted by atomic mass is 9.66. The minimum Gasteiger partial charge on any atom is -0.508 e. The number of aliphatic hydroxyl groups excluding tert-OH is 1. The average Bonchev–Trinajstić information content (AvgIpc) is 3.08. The monoisotopic (exact) mass is 480 g/mol. The van der Waals surface area contributed by atoms with Crippen LogP contribution in [0.15, 0.2) is 89.7 Å². The number of phenols is 3. The number of carbonyl (C=O) groups excluding carboxylic acids is 3. The van der Waals surface area contributed by atoms with Gasteiger partial charge in [0.25, 0.3) is 0 Å². The van der Waals surface area contributed by atoms with Crippen molar-refractivity contribution in [1.82, 2.24) is 0 Å². The Labute approximate surface area is 203 Å². The largest absolute Gasteiger partial charge is 0.508 e. The molecule has 36 heavy (non-hydrogen) atoms. The molecule has 8 nitrogen and oxygen atoms in total. The number of ether oxygens (including phenoxy) is 1. The zero-order chi connectivity index (χ0) is 25.4. The number of aromatic hydroxyl groups is 3. The number of benzene rings is 3. The maximum Gasteiger partial charge on any atom is 0.331 e. The molecule has 2 aliphatic carbocycles. The Bertz CT molecular complexity index is 1620. The topological polar surface area (TPSA) is 141 Å². The lowest BCUT2D eigenvalue weighted by molar-refractivity contribution is -0.135. The van der Waals surface area contributed by atoms with E-state index in [0.29, 0.717) is 5.56 Å². The van der Waals surface area contributed by atoms with Crippen LogP contribution in [0.3, 0.4) is 0 Å². The second-order valence-corrected chi connectivity index (χ2v) is 8.67. The molecule has 4 N–H and O–H groups in total. The van der Waals surface area contributed by atoms with Gasteiger partial charge in [-0.3, -0.25) is 9.59 Å². The Morgan fingerprint density at radius 2 is 1.33 bits per heavy atom. The van der Waals surface area contributed by atoms with Crippen LogP contribution < -0.4 is 4.74 Å². The third-order valence-corrected chi connectivity index (χ3v) is 6.64. The molecule has 3 aromatic carbocycles. The fourth-order valence-electron chi connectivity index (χ4n) is 5.21. The van der Waals surface area contributed by atoms with Gasteiger partial charge < -0.3 is 25.2 Å². The quantitative estimate of drug-likeness (QED) is 0.322. The smallest absolute Gasteiger partial charge is 0.331 e. The van der Waals surface area contributed by atoms with E-state index in [9.17, 15) is 34.8 Å². The molecule has 6 rings (SSSR count). The van der Waals surface area contributed by atoms with Crippen LogP contribution in [0.2, 0.25) is 0 Å². The highest BCUT2D eigenvalue weighted by molar-refractivity contribution is 6.34. The molecule has 0 bridgehead atoms. The van der Waals surface area contributed by atoms with Crippen molar-refractivity contribution in [2.24, 2.45) is 0 Å². The lowest BCUT2D eigenvalue weighted by Crippen LogP contribution is -2.39. The van der Waals surface area contributed by atoms with Crippen LogP contribution in [0.25, 0.3) is 5.57 Å². The third-order valence-electron chi connectivity index (χ3n) is 6.64. The predicted molar refractivity (Wildman–Crippen MR) is 126 cm³/mol. The van der Waals surface area contributed by atoms with Crippen LogP contribution in [0.1, 0.15) is 27.0 Å². The molecular weight excluding hydrogens is 464 g/mol. The van der Waals surface area contributed by atoms with E-state index >= 15 is 0 Å². The minimum absolute atomic E-state index is 0.0165. The van der Waals surface area contributed by atoms with Crippen LogP contribution in [0.5, 0.6) is 23.0 Å². The lowest BCUT2D eigenvalue weighted by Gasteiger charge is -2.32. The zero-order valence-corrected chi connectivity index (χ0v) is 18.4. The number of hydrogen-bond donors (Lipinski definition) is 4. The molecule has 0 spiro atoms. The van der Waals surface area contributed by atoms with Crippen molar-refractivity contribution in [2.45, 2.75) is 5.41 Å². The van der Waals surface area contributed by atoms with E-state index in [1.54, 1.807) is 0 Å². The van der Waals surface area contributed by atoms with E-state index in [2.05, 4.69) is 0 Å². The molecule has 0 amide bonds. The number of esters is 1. The van der Waals surface area contributed by atoms with Gasteiger partial charge >= 0.3 is 5.97 Å². The molecule has 1 atom stereocenters. The van der Waals surface area contributed by atoms with Gasteiger partial charge in [0.2, 0.25) is 0 Å². The summed E-state index contributed by atoms with van der Waals surface area (Å²) in [5, 5.41) is 41.1. The summed E-state index contributed by atoms with van der Waals surface area (Å²) in [6.07, 6.45) is 2.12. The number of Topliss-reactive ketones (excluding diaryl/α,β-unsaturated/α-hetero) is 1. The standard InChI is InChI=1S/C28H16O8/c29-15-5-1-13(2-6-15)23-24-20(10-18(32)11-21(24)33)28(14-3-7-16(30)8-4-14)25-19(26(23)34)9-17(31)12-22(25)36-27(28)35/h1-12,29-31,33H. The molecule has 3 aliphatic rings. The average molecular weight is 480 g/mol. The molecule has 0 saturated heterocycles. The van der Waals surface area contributed by atoms with Gasteiger partial charge in [0.1, 0.15) is 34.2 Å². The first-order chi connectivity index (χ1) is 17.2. The van der Waals surface area contributed by atoms with Crippen molar-refractivity contribution in [3.63, 3.8) is 0 Å². The van der Waals surface area contributed by atoms with Gasteiger partial charge in [-0.1, -0.05) is 24.3 Å². The predicted octanol–water partition coefficient (Wildman–Crippen LogP) is 3.61. The number of hydrogen-bond acceptors (Lipinski definition) is 8. The van der Waals surface area contributed by atoms with E-state index in [-0.39, 0.29) is 56.4 Å². The summed E-state index contributed by atoms with van der Waals surface area (Å²) in [5.74, 6) is -3.13. The van der Waals surface area contributed by atoms with Crippen molar-refractivity contribution in [3.05, 3.63) is 112 Å². The van der Waals surface area contributed by atoms with Gasteiger partial charge in [0.05, 0.1) is 0 Å². The van der Waals surface area contributed by atoms with Gasteiger partial charge in [0, 0.05) is 34.4 Å². The van der Waals surface area contributed by atoms with Gasteiger partial charge in [-0.2, -0.15) is 0 Å². The normalized spacial score (nSPS) is 20.3. The summed E-state index contributed by atoms with van der Waals surface area (Å²) in [7, 11) is 0. The summed E-state index contributed by atoms with van der Waals surface area (Å²) in [6.45, 7) is 0. The molecule has 0 aromatic heterocycles. The Morgan fingerprint density at radius 1 is 0.694 bits per heavy atom. The van der Waals surface area contributed by atoms with E-state index in [1.807, 2.05) is 0 Å². The first-order valence-electron chi connectivity index (χ1n) is 10.9. The molecule has 1 aliphatic heterocycles. The van der Waals surface area contributed by atoms with Crippen LogP contribution in [-0.2, 0) is 15.0 Å². The second kappa shape index (κ2) is 7.19. The second-order valence-electron chi connectivity index (χ2n) is 8.67. The molecule has 0 fully saturated rings. The van der Waals surface area contributed by atoms with Crippen LogP contribution >= 0.6 is 0 Å². The van der Waals surface area contributed by atoms with E-state index in [4.69, 9.17) is 4.74 Å². The van der Waals surface area contributed by atoms with Crippen molar-refractivity contribution in [2.75, 3.05) is 0 Å². The van der Waals surface area contributed by atoms with E-state index < -0.39 is 28.7 Å². The van der Waals surface area contributed by atoms with E-state index in [0.717, 1.165) is 6.08 Å². The maximum absolute atomic E-state index is 14.1. The molecule has 176 valence electrons. The van der Waals surface area contributed by atoms with Gasteiger partial charge in [-0.05, 0) is 53.1 Å². The highest BCUT2D eigenvalue weighted by Gasteiger charge is 2.59. The number of fused-ring (bicyclic) bond motifs is 2. The molecule has 8 heteroatoms. The summed E-state index contributed by atoms with van der Waals surface area (Å²) < 4.78 is 5.56. The molecule has 3 aromatic rings. The van der Waals surface area contributed by atoms with Gasteiger partial charge in [-0.25, -0.2) is 4.79 Å². The summed E-state index contributed by atoms with van der Waals surface area (Å²) in [4.78, 5) is 40.6. The first-order valence-corrected chi connectivity index (χ1v) is 10.9. The molecule has 0 saturated carbocycles. The van der Waals surface area contributed by atoms with Crippen molar-refractivity contribution < 1.29 is 39.5 Å². The highest BCUT2D eigenvalue weighted by Crippen LogP contribution is 2.58. The summed E-state index contributed by atoms with van der Waals surface area (Å²) in [5.41, 5.74) is -1.30. The fraction of sp³-hybridized carbons (Fsp3) is 0.0357. The molecule has 1 unspecified atom stereocenters. The number of allylic oxidation sites excluding steroid dienone is 4. The van der Waals surface area contributed by atoms with Crippen molar-refractivity contribution in [3.8, 4) is 23.0 Å². The van der Waals surface area contributed by atoms with Crippen molar-refractivity contribution in [1.29, 1.82) is 0 Å². The summed E-state index contributed by atoms with van der Waals surface area (Å²) >= 11 is 0. The maximum atomic E-state index is 14.1. The first kappa shape index (κ1) is 21.4. The van der Waals surface area contributed by atoms with Crippen LogP contribution in [0.4, 0.5) is 0 Å². The number of phenolic OH excluding ortho intramolecular Hbond substituents is 3. The SMILES string of the molecule is O=C1C=C(O)C2=C(c3ccc(O)cc3)C(=O)c3cc(O)cc4c3C(c3ccc(O)cc3)(C(=O)O4)C2=C1. The molecular formula is C28H16O8. The Hall–Kier alpha value is -5.11. The molecule has 1 heterocycles. The molecule has 0 radical (unpaired) electrons. The summed E-state index contributed by atoms with van der Waals surface area (Å²) in [6, 6.07) is 13.7. The zero-order valence-electron chi connectivity index (χ0n) is 18.4. The minimum atomic E-state index is -1.87. The van der Waals surface area contributed by atoms with Gasteiger partial charge in [-0.15, -0.1) is 0 Å². The Morgan fingerprint density at radius 3 is 2.00 bits per heavy atom. The van der Waals surface area contributed by atoms with Crippen molar-refractivity contribution >= 4 is 23.1 Å². The van der Waals surface area contributed by atoms with E-state index in [1.165, 1.54) is 66.7 Å². The number of rotatable bonds is 2. The van der Waals surface area contributed by atoms with Crippen LogP contribution in [-0.4, -0.2) is 38.0 Å². The fourth-order valence-corrected chi connectivity index (χ4v) is 5.21.